The lowest BCUT2D eigenvalue weighted by Gasteiger charge is -2.57. The van der Waals surface area contributed by atoms with E-state index in [1.165, 1.54) is 19.4 Å². The molecule has 5 heteroatoms. The van der Waals surface area contributed by atoms with Gasteiger partial charge in [0, 0.05) is 37.5 Å². The summed E-state index contributed by atoms with van der Waals surface area (Å²) in [5.41, 5.74) is 1.07. The molecule has 5 nitrogen and oxygen atoms in total. The van der Waals surface area contributed by atoms with E-state index in [0.717, 1.165) is 38.5 Å². The maximum atomic E-state index is 12.1. The zero-order valence-electron chi connectivity index (χ0n) is 17.3. The molecule has 0 N–H and O–H groups in total. The molecular formula is C23H32O5. The van der Waals surface area contributed by atoms with Gasteiger partial charge in [0.15, 0.2) is 0 Å². The van der Waals surface area contributed by atoms with Gasteiger partial charge < -0.3 is 9.47 Å². The van der Waals surface area contributed by atoms with Crippen molar-refractivity contribution in [3.05, 3.63) is 11.6 Å². The van der Waals surface area contributed by atoms with Crippen LogP contribution in [0.1, 0.15) is 72.1 Å². The molecule has 0 aliphatic heterocycles. The number of hydrogen-bond acceptors (Lipinski definition) is 5. The number of allylic oxidation sites excluding steroid dienone is 1. The number of ketones is 1. The standard InChI is InChI=1S/C23H32O5/c1-14(24)27-13-23-11-8-17(26)12-16(23)4-5-18-19-6-7-21(28-15(2)25)22(19,3)10-9-20(18)23/h4,18-21H,5-13H2,1-3H3/t18-,19-,20-,21-,22-,23+/m0/s1. The third-order valence-corrected chi connectivity index (χ3v) is 8.41. The number of carbonyl (C=O) groups is 3. The average Bonchev–Trinajstić information content (AvgIpc) is 2.96. The highest BCUT2D eigenvalue weighted by atomic mass is 16.5. The molecule has 0 amide bonds. The fraction of sp³-hybridized carbons (Fsp3) is 0.783. The van der Waals surface area contributed by atoms with E-state index >= 15 is 0 Å². The highest BCUT2D eigenvalue weighted by Gasteiger charge is 2.61. The van der Waals surface area contributed by atoms with Gasteiger partial charge in [0.2, 0.25) is 0 Å². The Morgan fingerprint density at radius 1 is 1.11 bits per heavy atom. The van der Waals surface area contributed by atoms with Crippen molar-refractivity contribution in [3.8, 4) is 0 Å². The van der Waals surface area contributed by atoms with Crippen LogP contribution in [0.5, 0.6) is 0 Å². The average molecular weight is 389 g/mol. The van der Waals surface area contributed by atoms with Gasteiger partial charge in [0.1, 0.15) is 18.5 Å². The van der Waals surface area contributed by atoms with Gasteiger partial charge in [-0.05, 0) is 56.3 Å². The second-order valence-electron chi connectivity index (χ2n) is 9.71. The molecule has 0 unspecified atom stereocenters. The van der Waals surface area contributed by atoms with E-state index in [9.17, 15) is 14.4 Å². The van der Waals surface area contributed by atoms with Gasteiger partial charge in [-0.25, -0.2) is 0 Å². The summed E-state index contributed by atoms with van der Waals surface area (Å²) >= 11 is 0. The molecule has 0 aromatic heterocycles. The van der Waals surface area contributed by atoms with E-state index in [1.807, 2.05) is 0 Å². The topological polar surface area (TPSA) is 69.7 Å². The van der Waals surface area contributed by atoms with Crippen molar-refractivity contribution in [1.29, 1.82) is 0 Å². The van der Waals surface area contributed by atoms with Crippen molar-refractivity contribution in [3.63, 3.8) is 0 Å². The van der Waals surface area contributed by atoms with Crippen LogP contribution in [0, 0.1) is 28.6 Å². The van der Waals surface area contributed by atoms with Crippen molar-refractivity contribution < 1.29 is 23.9 Å². The minimum absolute atomic E-state index is 0.0127. The second-order valence-corrected chi connectivity index (χ2v) is 9.71. The Balaban J connectivity index is 1.65. The molecule has 0 bridgehead atoms. The Bertz CT molecular complexity index is 725. The van der Waals surface area contributed by atoms with Gasteiger partial charge >= 0.3 is 11.9 Å². The molecule has 0 saturated heterocycles. The van der Waals surface area contributed by atoms with Gasteiger partial charge in [-0.2, -0.15) is 0 Å². The molecular weight excluding hydrogens is 356 g/mol. The minimum atomic E-state index is -0.246. The zero-order chi connectivity index (χ0) is 20.1. The maximum absolute atomic E-state index is 12.1. The van der Waals surface area contributed by atoms with Crippen molar-refractivity contribution in [2.45, 2.75) is 78.2 Å². The lowest BCUT2D eigenvalue weighted by atomic mass is 9.47. The van der Waals surface area contributed by atoms with Crippen LogP contribution >= 0.6 is 0 Å². The summed E-state index contributed by atoms with van der Waals surface area (Å²) in [5.74, 6) is 1.34. The van der Waals surface area contributed by atoms with Crippen molar-refractivity contribution in [2.24, 2.45) is 28.6 Å². The number of rotatable bonds is 3. The first-order valence-corrected chi connectivity index (χ1v) is 10.8. The Labute approximate surface area is 167 Å². The first-order chi connectivity index (χ1) is 13.3. The van der Waals surface area contributed by atoms with Gasteiger partial charge in [-0.15, -0.1) is 0 Å². The minimum Gasteiger partial charge on any atom is -0.465 e. The summed E-state index contributed by atoms with van der Waals surface area (Å²) in [6, 6.07) is 0. The van der Waals surface area contributed by atoms with E-state index in [2.05, 4.69) is 13.0 Å². The van der Waals surface area contributed by atoms with Crippen LogP contribution in [0.3, 0.4) is 0 Å². The molecule has 3 saturated carbocycles. The molecule has 0 spiro atoms. The molecule has 0 heterocycles. The number of fused-ring (bicyclic) bond motifs is 5. The molecule has 4 rings (SSSR count). The van der Waals surface area contributed by atoms with Crippen LogP contribution in [-0.4, -0.2) is 30.4 Å². The summed E-state index contributed by atoms with van der Waals surface area (Å²) in [4.78, 5) is 35.4. The van der Waals surface area contributed by atoms with Crippen molar-refractivity contribution in [1.82, 2.24) is 0 Å². The van der Waals surface area contributed by atoms with Crippen LogP contribution in [0.4, 0.5) is 0 Å². The highest BCUT2D eigenvalue weighted by Crippen LogP contribution is 2.65. The normalized spacial score (nSPS) is 42.0. The van der Waals surface area contributed by atoms with Crippen LogP contribution in [0.2, 0.25) is 0 Å². The summed E-state index contributed by atoms with van der Waals surface area (Å²) in [7, 11) is 0. The lowest BCUT2D eigenvalue weighted by Crippen LogP contribution is -2.53. The Morgan fingerprint density at radius 3 is 2.61 bits per heavy atom. The molecule has 0 aromatic carbocycles. The molecule has 0 radical (unpaired) electrons. The molecule has 4 aliphatic carbocycles. The summed E-state index contributed by atoms with van der Waals surface area (Å²) in [5, 5.41) is 0. The third-order valence-electron chi connectivity index (χ3n) is 8.41. The number of carbonyl (C=O) groups excluding carboxylic acids is 3. The van der Waals surface area contributed by atoms with E-state index in [-0.39, 0.29) is 28.9 Å². The van der Waals surface area contributed by atoms with Gasteiger partial charge in [0.05, 0.1) is 0 Å². The van der Waals surface area contributed by atoms with Crippen LogP contribution < -0.4 is 0 Å². The summed E-state index contributed by atoms with van der Waals surface area (Å²) in [6.07, 6.45) is 9.28. The van der Waals surface area contributed by atoms with E-state index < -0.39 is 0 Å². The quantitative estimate of drug-likeness (QED) is 0.540. The molecule has 6 atom stereocenters. The predicted octanol–water partition coefficient (Wildman–Crippen LogP) is 3.99. The van der Waals surface area contributed by atoms with E-state index in [1.54, 1.807) is 0 Å². The van der Waals surface area contributed by atoms with Crippen molar-refractivity contribution >= 4 is 17.7 Å². The second kappa shape index (κ2) is 7.00. The monoisotopic (exact) mass is 388 g/mol. The number of hydrogen-bond donors (Lipinski definition) is 0. The van der Waals surface area contributed by atoms with Gasteiger partial charge in [-0.3, -0.25) is 14.4 Å². The summed E-state index contributed by atoms with van der Waals surface area (Å²) < 4.78 is 11.3. The Morgan fingerprint density at radius 2 is 1.89 bits per heavy atom. The zero-order valence-corrected chi connectivity index (χ0v) is 17.3. The molecule has 154 valence electrons. The van der Waals surface area contributed by atoms with Crippen LogP contribution in [0.25, 0.3) is 0 Å². The third kappa shape index (κ3) is 3.02. The van der Waals surface area contributed by atoms with Crippen LogP contribution in [0.15, 0.2) is 11.6 Å². The molecule has 28 heavy (non-hydrogen) atoms. The Kier molecular flexibility index (Phi) is 4.91. The fourth-order valence-corrected chi connectivity index (χ4v) is 7.13. The van der Waals surface area contributed by atoms with Crippen LogP contribution in [-0.2, 0) is 23.9 Å². The first-order valence-electron chi connectivity index (χ1n) is 10.8. The van der Waals surface area contributed by atoms with E-state index in [0.29, 0.717) is 43.0 Å². The predicted molar refractivity (Wildman–Crippen MR) is 103 cm³/mol. The smallest absolute Gasteiger partial charge is 0.302 e. The fourth-order valence-electron chi connectivity index (χ4n) is 7.13. The molecule has 3 fully saturated rings. The maximum Gasteiger partial charge on any atom is 0.302 e. The highest BCUT2D eigenvalue weighted by molar-refractivity contribution is 5.83. The lowest BCUT2D eigenvalue weighted by molar-refractivity contribution is -0.159. The molecule has 4 aliphatic rings. The largest absolute Gasteiger partial charge is 0.465 e. The number of esters is 2. The molecule has 0 aromatic rings. The first kappa shape index (κ1) is 19.7. The van der Waals surface area contributed by atoms with Gasteiger partial charge in [-0.1, -0.05) is 18.6 Å². The Hall–Kier alpha value is -1.65. The van der Waals surface area contributed by atoms with Crippen molar-refractivity contribution in [2.75, 3.05) is 6.61 Å². The summed E-state index contributed by atoms with van der Waals surface area (Å²) in [6.45, 7) is 5.67. The van der Waals surface area contributed by atoms with E-state index in [4.69, 9.17) is 9.47 Å². The SMILES string of the molecule is CC(=O)OC[C@]12CCC(=O)CC1=CC[C@@H]1[C@@H]2CC[C@]2(C)[C@@H](OC(C)=O)CC[C@@H]12. The van der Waals surface area contributed by atoms with Gasteiger partial charge in [0.25, 0.3) is 0 Å². The number of Topliss-reactive ketones (excluding diaryl/α,β-unsaturated/α-hetero) is 1. The number of ether oxygens (including phenoxy) is 2.